The van der Waals surface area contributed by atoms with Crippen LogP contribution in [-0.2, 0) is 37.4 Å². The third kappa shape index (κ3) is 8.44. The van der Waals surface area contributed by atoms with E-state index in [2.05, 4.69) is 15.2 Å². The van der Waals surface area contributed by atoms with Crippen LogP contribution in [0.4, 0.5) is 13.2 Å². The van der Waals surface area contributed by atoms with Gasteiger partial charge in [-0.3, -0.25) is 14.4 Å². The predicted molar refractivity (Wildman–Crippen MR) is 146 cm³/mol. The van der Waals surface area contributed by atoms with E-state index in [1.807, 2.05) is 30.5 Å². The molecule has 10 nitrogen and oxygen atoms in total. The lowest BCUT2D eigenvalue weighted by atomic mass is 9.84. The van der Waals surface area contributed by atoms with E-state index in [-0.39, 0.29) is 18.8 Å². The summed E-state index contributed by atoms with van der Waals surface area (Å²) in [5.41, 5.74) is -3.87. The van der Waals surface area contributed by atoms with E-state index in [1.54, 1.807) is 13.8 Å². The minimum atomic E-state index is -5.83. The molecule has 1 aromatic heterocycles. The number of para-hydroxylation sites is 1. The Kier molecular flexibility index (Phi) is 10.8. The topological polar surface area (TPSA) is 147 Å². The number of rotatable bonds is 9. The summed E-state index contributed by atoms with van der Waals surface area (Å²) in [4.78, 5) is 38.9. The molecular weight excluding hydrogens is 565 g/mol. The first-order valence-electron chi connectivity index (χ1n) is 13.6. The zero-order valence-corrected chi connectivity index (χ0v) is 23.9. The number of hydrogen-bond acceptors (Lipinski definition) is 5. The molecule has 0 fully saturated rings. The number of nitrogens with zero attached hydrogens (tertiary/aromatic N) is 1. The van der Waals surface area contributed by atoms with Gasteiger partial charge in [-0.25, -0.2) is 13.1 Å². The number of amides is 2. The second-order valence-electron chi connectivity index (χ2n) is 10.8. The van der Waals surface area contributed by atoms with Crippen molar-refractivity contribution in [3.8, 4) is 0 Å². The van der Waals surface area contributed by atoms with Crippen molar-refractivity contribution in [3.63, 3.8) is 0 Å². The molecule has 3 atom stereocenters. The van der Waals surface area contributed by atoms with E-state index in [1.165, 1.54) is 4.72 Å². The van der Waals surface area contributed by atoms with E-state index < -0.39 is 57.7 Å². The third-order valence-electron chi connectivity index (χ3n) is 7.22. The molecule has 1 aromatic carbocycles. The highest BCUT2D eigenvalue weighted by Crippen LogP contribution is 2.27. The van der Waals surface area contributed by atoms with Crippen LogP contribution in [0.25, 0.3) is 10.9 Å². The molecule has 3 rings (SSSR count). The molecule has 2 heterocycles. The van der Waals surface area contributed by atoms with Crippen molar-refractivity contribution in [1.82, 2.24) is 19.9 Å². The van der Waals surface area contributed by atoms with Crippen LogP contribution in [0, 0.1) is 17.8 Å². The number of fused-ring (bicyclic) bond motifs is 5. The van der Waals surface area contributed by atoms with Crippen LogP contribution in [0.3, 0.4) is 0 Å². The molecule has 2 amide bonds. The summed E-state index contributed by atoms with van der Waals surface area (Å²) in [6, 6.07) is 6.56. The molecule has 2 aromatic rings. The van der Waals surface area contributed by atoms with E-state index in [9.17, 15) is 41.1 Å². The van der Waals surface area contributed by atoms with Crippen molar-refractivity contribution in [2.45, 2.75) is 70.5 Å². The number of aryl methyl sites for hydroxylation is 1. The number of carboxylic acids is 1. The number of carboxylic acid groups (broad SMARTS) is 1. The normalized spacial score (nSPS) is 19.0. The quantitative estimate of drug-likeness (QED) is 0.347. The number of halogens is 3. The Bertz CT molecular complexity index is 1340. The Morgan fingerprint density at radius 1 is 1.12 bits per heavy atom. The lowest BCUT2D eigenvalue weighted by Gasteiger charge is -2.27. The smallest absolute Gasteiger partial charge is 0.481 e. The molecule has 14 heteroatoms. The number of sulfonamides is 1. The fourth-order valence-electron chi connectivity index (χ4n) is 5.12. The van der Waals surface area contributed by atoms with Crippen LogP contribution < -0.4 is 15.4 Å². The molecule has 41 heavy (non-hydrogen) atoms. The summed E-state index contributed by atoms with van der Waals surface area (Å²) in [5.74, 6) is -6.46. The zero-order chi connectivity index (χ0) is 30.4. The summed E-state index contributed by atoms with van der Waals surface area (Å²) in [6.45, 7) is 3.41. The van der Waals surface area contributed by atoms with Gasteiger partial charge in [0.05, 0.1) is 11.8 Å². The molecule has 1 aliphatic heterocycles. The van der Waals surface area contributed by atoms with E-state index in [4.69, 9.17) is 0 Å². The Hall–Kier alpha value is -3.13. The highest BCUT2D eigenvalue weighted by atomic mass is 32.2. The van der Waals surface area contributed by atoms with Crippen LogP contribution in [0.2, 0.25) is 0 Å². The second kappa shape index (κ2) is 13.7. The van der Waals surface area contributed by atoms with Crippen molar-refractivity contribution < 1.29 is 41.1 Å². The number of hydrogen-bond donors (Lipinski definition) is 4. The van der Waals surface area contributed by atoms with Crippen molar-refractivity contribution in [3.05, 3.63) is 36.0 Å². The van der Waals surface area contributed by atoms with Crippen LogP contribution in [-0.4, -0.2) is 60.5 Å². The molecule has 1 aliphatic rings. The summed E-state index contributed by atoms with van der Waals surface area (Å²) >= 11 is 0. The Morgan fingerprint density at radius 3 is 2.46 bits per heavy atom. The second-order valence-corrected chi connectivity index (χ2v) is 12.6. The molecule has 0 saturated carbocycles. The molecule has 4 N–H and O–H groups in total. The molecule has 0 radical (unpaired) electrons. The van der Waals surface area contributed by atoms with Gasteiger partial charge in [-0.1, -0.05) is 44.9 Å². The maximum Gasteiger partial charge on any atom is 0.511 e. The van der Waals surface area contributed by atoms with E-state index >= 15 is 0 Å². The van der Waals surface area contributed by atoms with Crippen molar-refractivity contribution in [2.75, 3.05) is 13.1 Å². The largest absolute Gasteiger partial charge is 0.511 e. The van der Waals surface area contributed by atoms with Crippen LogP contribution in [0.5, 0.6) is 0 Å². The number of nitrogens with one attached hydrogen (secondary N) is 3. The SMILES string of the molecule is CC(C)C[C@@H](C(=O)N[C@H]1Cc2cn(c3ccccc23)CCCCCCNC1=O)C(CNS(=O)(=O)C(F)(F)F)C(=O)O. The van der Waals surface area contributed by atoms with Crippen molar-refractivity contribution >= 4 is 38.7 Å². The first-order chi connectivity index (χ1) is 19.2. The first kappa shape index (κ1) is 32.4. The summed E-state index contributed by atoms with van der Waals surface area (Å²) in [7, 11) is -5.83. The number of benzene rings is 1. The predicted octanol–water partition coefficient (Wildman–Crippen LogP) is 3.16. The van der Waals surface area contributed by atoms with Crippen molar-refractivity contribution in [2.24, 2.45) is 17.8 Å². The zero-order valence-electron chi connectivity index (χ0n) is 23.0. The molecule has 228 valence electrons. The summed E-state index contributed by atoms with van der Waals surface area (Å²) in [5, 5.41) is 16.2. The molecule has 0 spiro atoms. The Balaban J connectivity index is 1.92. The highest BCUT2D eigenvalue weighted by Gasteiger charge is 2.47. The van der Waals surface area contributed by atoms with Crippen LogP contribution in [0.15, 0.2) is 30.5 Å². The van der Waals surface area contributed by atoms with Gasteiger partial charge in [0, 0.05) is 43.2 Å². The fourth-order valence-corrected chi connectivity index (χ4v) is 5.68. The van der Waals surface area contributed by atoms with Gasteiger partial charge in [-0.2, -0.15) is 13.2 Å². The van der Waals surface area contributed by atoms with Gasteiger partial charge in [-0.05, 0) is 36.8 Å². The maximum atomic E-state index is 13.6. The lowest BCUT2D eigenvalue weighted by molar-refractivity contribution is -0.147. The Morgan fingerprint density at radius 2 is 1.80 bits per heavy atom. The average molecular weight is 603 g/mol. The lowest BCUT2D eigenvalue weighted by Crippen LogP contribution is -2.52. The molecule has 0 aliphatic carbocycles. The minimum Gasteiger partial charge on any atom is -0.481 e. The number of carbonyl (C=O) groups is 3. The number of aliphatic carboxylic acids is 1. The van der Waals surface area contributed by atoms with Gasteiger partial charge in [0.15, 0.2) is 0 Å². The Labute approximate surface area is 237 Å². The van der Waals surface area contributed by atoms with Crippen LogP contribution in [0.1, 0.15) is 51.5 Å². The number of aromatic nitrogens is 1. The minimum absolute atomic E-state index is 0.0653. The number of carbonyl (C=O) groups excluding carboxylic acids is 2. The van der Waals surface area contributed by atoms with Gasteiger partial charge in [-0.15, -0.1) is 0 Å². The average Bonchev–Trinajstić information content (AvgIpc) is 3.23. The standard InChI is InChI=1S/C27H37F3N4O6S/c1-17(2)13-20(21(26(37)38)15-32-41(39,40)27(28,29)30)24(35)33-22-14-18-16-34(23-10-6-5-9-19(18)23)12-8-4-3-7-11-31-25(22)36/h5-6,9-10,16-17,20-22,32H,3-4,7-8,11-15H2,1-2H3,(H,31,36)(H,33,35)(H,37,38)/t20-,21?,22+/m1/s1. The molecule has 0 saturated heterocycles. The van der Waals surface area contributed by atoms with Gasteiger partial charge in [0.2, 0.25) is 11.8 Å². The van der Waals surface area contributed by atoms with E-state index in [0.29, 0.717) is 6.54 Å². The van der Waals surface area contributed by atoms with Gasteiger partial charge in [0.1, 0.15) is 6.04 Å². The van der Waals surface area contributed by atoms with Gasteiger partial charge < -0.3 is 20.3 Å². The fraction of sp³-hybridized carbons (Fsp3) is 0.593. The summed E-state index contributed by atoms with van der Waals surface area (Å²) in [6.07, 6.45) is 5.53. The molecular formula is C27H37F3N4O6S. The van der Waals surface area contributed by atoms with Gasteiger partial charge >= 0.3 is 21.5 Å². The van der Waals surface area contributed by atoms with E-state index in [0.717, 1.165) is 48.7 Å². The molecule has 1 unspecified atom stereocenters. The molecule has 2 bridgehead atoms. The number of alkyl halides is 3. The monoisotopic (exact) mass is 602 g/mol. The first-order valence-corrected chi connectivity index (χ1v) is 15.1. The highest BCUT2D eigenvalue weighted by molar-refractivity contribution is 7.90. The maximum absolute atomic E-state index is 13.6. The van der Waals surface area contributed by atoms with Gasteiger partial charge in [0.25, 0.3) is 0 Å². The summed E-state index contributed by atoms with van der Waals surface area (Å²) < 4.78 is 65.1. The van der Waals surface area contributed by atoms with Crippen LogP contribution >= 0.6 is 0 Å². The third-order valence-corrected chi connectivity index (χ3v) is 8.37. The van der Waals surface area contributed by atoms with Crippen molar-refractivity contribution in [1.29, 1.82) is 0 Å².